The number of aliphatic hydroxyl groups is 3. The van der Waals surface area contributed by atoms with E-state index in [1.807, 2.05) is 0 Å². The summed E-state index contributed by atoms with van der Waals surface area (Å²) < 4.78 is 29.1. The van der Waals surface area contributed by atoms with Gasteiger partial charge in [0.2, 0.25) is 0 Å². The van der Waals surface area contributed by atoms with E-state index in [1.165, 1.54) is 7.11 Å². The third-order valence-electron chi connectivity index (χ3n) is 2.21. The minimum absolute atomic E-state index is 0.259. The molecule has 1 saturated heterocycles. The molecule has 0 spiro atoms. The average molecular weight is 289 g/mol. The fraction of sp³-hybridized carbons (Fsp3) is 1.00. The molecule has 0 radical (unpaired) electrons. The Bertz CT molecular complexity index is 233. The topological polar surface area (TPSA) is 116 Å². The number of hydrogen-bond donors (Lipinski definition) is 4. The van der Waals surface area contributed by atoms with Gasteiger partial charge < -0.3 is 0 Å². The van der Waals surface area contributed by atoms with Gasteiger partial charge in [0.1, 0.15) is 0 Å². The average Bonchev–Trinajstić information content (AvgIpc) is 2.18. The summed E-state index contributed by atoms with van der Waals surface area (Å²) in [7, 11) is 1.26. The van der Waals surface area contributed by atoms with Gasteiger partial charge in [-0.15, -0.1) is 0 Å². The first-order chi connectivity index (χ1) is 6.97. The number of hydrogen-bond acceptors (Lipinski definition) is 6. The summed E-state index contributed by atoms with van der Waals surface area (Å²) in [5, 5.41) is 28.0. The molecular formula is C7H14O7Se. The van der Waals surface area contributed by atoms with Crippen molar-refractivity contribution in [3.05, 3.63) is 0 Å². The van der Waals surface area contributed by atoms with Gasteiger partial charge >= 0.3 is 90.1 Å². The second-order valence-corrected chi connectivity index (χ2v) is 5.29. The predicted octanol–water partition coefficient (Wildman–Crippen LogP) is -2.65. The molecule has 1 aliphatic rings. The summed E-state index contributed by atoms with van der Waals surface area (Å²) in [6, 6.07) is 0. The SMILES string of the molecule is CO[C@H]1O[C@H](C[Se](=O)O)[C@@H](O)[C@H](O)[C@H]1O. The van der Waals surface area contributed by atoms with Crippen molar-refractivity contribution in [3.63, 3.8) is 0 Å². The van der Waals surface area contributed by atoms with E-state index in [2.05, 4.69) is 0 Å². The van der Waals surface area contributed by atoms with Gasteiger partial charge in [0, 0.05) is 0 Å². The van der Waals surface area contributed by atoms with Crippen LogP contribution in [0.2, 0.25) is 5.32 Å². The Morgan fingerprint density at radius 1 is 1.27 bits per heavy atom. The molecule has 1 fully saturated rings. The number of rotatable bonds is 3. The fourth-order valence-electron chi connectivity index (χ4n) is 1.39. The molecule has 4 N–H and O–H groups in total. The van der Waals surface area contributed by atoms with Crippen molar-refractivity contribution in [1.29, 1.82) is 0 Å². The van der Waals surface area contributed by atoms with Crippen molar-refractivity contribution in [1.82, 2.24) is 0 Å². The Morgan fingerprint density at radius 2 is 1.87 bits per heavy atom. The Hall–Kier alpha value is 0.0795. The molecule has 6 atom stereocenters. The zero-order chi connectivity index (χ0) is 11.6. The third kappa shape index (κ3) is 3.02. The van der Waals surface area contributed by atoms with Crippen molar-refractivity contribution < 1.29 is 32.8 Å². The van der Waals surface area contributed by atoms with Crippen LogP contribution in [0.15, 0.2) is 0 Å². The Balaban J connectivity index is 2.69. The molecule has 7 nitrogen and oxygen atoms in total. The molecule has 0 amide bonds. The van der Waals surface area contributed by atoms with Crippen LogP contribution in [0.4, 0.5) is 0 Å². The second-order valence-electron chi connectivity index (χ2n) is 3.24. The van der Waals surface area contributed by atoms with Crippen molar-refractivity contribution in [3.8, 4) is 0 Å². The predicted molar refractivity (Wildman–Crippen MR) is 47.2 cm³/mol. The molecule has 0 bridgehead atoms. The summed E-state index contributed by atoms with van der Waals surface area (Å²) >= 11 is -3.03. The van der Waals surface area contributed by atoms with Crippen LogP contribution in [-0.4, -0.2) is 71.5 Å². The minimum atomic E-state index is -3.03. The van der Waals surface area contributed by atoms with E-state index in [1.54, 1.807) is 0 Å². The Morgan fingerprint density at radius 3 is 2.33 bits per heavy atom. The van der Waals surface area contributed by atoms with Crippen molar-refractivity contribution in [2.45, 2.75) is 36.0 Å². The zero-order valence-corrected chi connectivity index (χ0v) is 9.73. The van der Waals surface area contributed by atoms with Crippen LogP contribution < -0.4 is 0 Å². The van der Waals surface area contributed by atoms with Crippen LogP contribution in [0, 0.1) is 0 Å². The molecule has 8 heteroatoms. The van der Waals surface area contributed by atoms with E-state index >= 15 is 0 Å². The van der Waals surface area contributed by atoms with E-state index in [0.717, 1.165) is 0 Å². The van der Waals surface area contributed by atoms with E-state index in [-0.39, 0.29) is 5.32 Å². The van der Waals surface area contributed by atoms with Gasteiger partial charge in [0.25, 0.3) is 0 Å². The molecule has 0 aromatic carbocycles. The number of methoxy groups -OCH3 is 1. The Kier molecular flexibility index (Phi) is 4.75. The van der Waals surface area contributed by atoms with Gasteiger partial charge in [-0.05, 0) is 0 Å². The van der Waals surface area contributed by atoms with Gasteiger partial charge in [-0.2, -0.15) is 0 Å². The fourth-order valence-corrected chi connectivity index (χ4v) is 2.56. The first-order valence-corrected chi connectivity index (χ1v) is 6.95. The van der Waals surface area contributed by atoms with E-state index in [9.17, 15) is 19.2 Å². The maximum atomic E-state index is 10.6. The van der Waals surface area contributed by atoms with Gasteiger partial charge in [0.05, 0.1) is 0 Å². The summed E-state index contributed by atoms with van der Waals surface area (Å²) in [6.45, 7) is 0. The van der Waals surface area contributed by atoms with E-state index < -0.39 is 44.9 Å². The zero-order valence-electron chi connectivity index (χ0n) is 8.02. The Labute approximate surface area is 90.7 Å². The van der Waals surface area contributed by atoms with Crippen LogP contribution in [0.3, 0.4) is 0 Å². The molecule has 0 saturated carbocycles. The summed E-state index contributed by atoms with van der Waals surface area (Å²) in [4.78, 5) is 0. The van der Waals surface area contributed by atoms with Gasteiger partial charge in [0.15, 0.2) is 0 Å². The second kappa shape index (κ2) is 5.42. The van der Waals surface area contributed by atoms with Crippen LogP contribution in [0.25, 0.3) is 0 Å². The first-order valence-electron chi connectivity index (χ1n) is 4.27. The molecule has 90 valence electrons. The third-order valence-corrected chi connectivity index (χ3v) is 3.50. The molecule has 0 aliphatic carbocycles. The number of ether oxygens (including phenoxy) is 2. The van der Waals surface area contributed by atoms with Crippen LogP contribution in [0.5, 0.6) is 0 Å². The maximum absolute atomic E-state index is 10.6. The van der Waals surface area contributed by atoms with Crippen molar-refractivity contribution in [2.24, 2.45) is 0 Å². The van der Waals surface area contributed by atoms with Crippen molar-refractivity contribution >= 4 is 14.2 Å². The molecule has 1 heterocycles. The van der Waals surface area contributed by atoms with Crippen molar-refractivity contribution in [2.75, 3.05) is 7.11 Å². The summed E-state index contributed by atoms with van der Waals surface area (Å²) in [6.07, 6.45) is -6.30. The molecular weight excluding hydrogens is 275 g/mol. The van der Waals surface area contributed by atoms with Gasteiger partial charge in [-0.25, -0.2) is 0 Å². The molecule has 1 aliphatic heterocycles. The van der Waals surface area contributed by atoms with Gasteiger partial charge in [-0.1, -0.05) is 0 Å². The van der Waals surface area contributed by atoms with Crippen LogP contribution in [0.1, 0.15) is 0 Å². The van der Waals surface area contributed by atoms with E-state index in [0.29, 0.717) is 0 Å². The first kappa shape index (κ1) is 13.1. The normalized spacial score (nSPS) is 43.9. The van der Waals surface area contributed by atoms with Crippen LogP contribution in [-0.2, 0) is 13.3 Å². The molecule has 1 unspecified atom stereocenters. The summed E-state index contributed by atoms with van der Waals surface area (Å²) in [5.41, 5.74) is 0. The monoisotopic (exact) mass is 290 g/mol. The molecule has 15 heavy (non-hydrogen) atoms. The summed E-state index contributed by atoms with van der Waals surface area (Å²) in [5.74, 6) is 0. The quantitative estimate of drug-likeness (QED) is 0.419. The van der Waals surface area contributed by atoms with E-state index in [4.69, 9.17) is 13.7 Å². The van der Waals surface area contributed by atoms with Gasteiger partial charge in [-0.3, -0.25) is 0 Å². The number of aliphatic hydroxyl groups excluding tert-OH is 3. The molecule has 0 aromatic heterocycles. The molecule has 1 rings (SSSR count). The molecule has 0 aromatic rings. The standard InChI is InChI=1S/C7H14O7Se/c1-13-7-6(10)5(9)4(8)3(14-7)2-15(11)12/h3-10H,2H2,1H3,(H,11,12)/t3-,4-,5+,6-,7+/m1/s1. The van der Waals surface area contributed by atoms with Crippen LogP contribution >= 0.6 is 0 Å².